The third-order valence-corrected chi connectivity index (χ3v) is 23.2. The fraction of sp³-hybridized carbons (Fsp3) is 0.956. The monoisotopic (exact) mass is 1590 g/mol. The molecule has 0 radical (unpaired) electrons. The largest absolute Gasteiger partial charge is 0.472 e. The van der Waals surface area contributed by atoms with E-state index in [1.165, 1.54) is 315 Å². The summed E-state index contributed by atoms with van der Waals surface area (Å²) in [6.07, 6.45) is 77.8. The first kappa shape index (κ1) is 107. The van der Waals surface area contributed by atoms with E-state index >= 15 is 0 Å². The van der Waals surface area contributed by atoms with E-state index in [-0.39, 0.29) is 25.7 Å². The molecule has 0 rings (SSSR count). The number of ether oxygens (including phenoxy) is 4. The number of phosphoric ester groups is 2. The maximum absolute atomic E-state index is 13.2. The first-order valence-corrected chi connectivity index (χ1v) is 49.6. The Morgan fingerprint density at radius 2 is 0.422 bits per heavy atom. The van der Waals surface area contributed by atoms with Gasteiger partial charge in [-0.1, -0.05) is 439 Å². The van der Waals surface area contributed by atoms with Crippen molar-refractivity contribution >= 4 is 39.5 Å². The van der Waals surface area contributed by atoms with Gasteiger partial charge in [0, 0.05) is 25.7 Å². The highest BCUT2D eigenvalue weighted by Gasteiger charge is 2.31. The molecule has 0 bridgehead atoms. The van der Waals surface area contributed by atoms with E-state index in [1.54, 1.807) is 0 Å². The van der Waals surface area contributed by atoms with Crippen molar-refractivity contribution in [2.24, 2.45) is 5.92 Å². The molecule has 0 aliphatic rings. The van der Waals surface area contributed by atoms with E-state index in [4.69, 9.17) is 37.0 Å². The van der Waals surface area contributed by atoms with Gasteiger partial charge < -0.3 is 33.8 Å². The first-order chi connectivity index (χ1) is 53.0. The van der Waals surface area contributed by atoms with Crippen LogP contribution in [-0.2, 0) is 65.4 Å². The summed E-state index contributed by atoms with van der Waals surface area (Å²) < 4.78 is 69.1. The zero-order chi connectivity index (χ0) is 79.7. The summed E-state index contributed by atoms with van der Waals surface area (Å²) in [6.45, 7) is 7.41. The number of aliphatic hydroxyl groups is 1. The summed E-state index contributed by atoms with van der Waals surface area (Å²) in [5, 5.41) is 10.7. The number of aliphatic hydroxyl groups excluding tert-OH is 1. The van der Waals surface area contributed by atoms with Gasteiger partial charge in [-0.3, -0.25) is 37.3 Å². The smallest absolute Gasteiger partial charge is 0.462 e. The second-order valence-electron chi connectivity index (χ2n) is 32.8. The van der Waals surface area contributed by atoms with Gasteiger partial charge in [0.05, 0.1) is 26.4 Å². The Labute approximate surface area is 670 Å². The average Bonchev–Trinajstić information content (AvgIpc) is 0.900. The van der Waals surface area contributed by atoms with Gasteiger partial charge in [0.15, 0.2) is 12.2 Å². The van der Waals surface area contributed by atoms with Gasteiger partial charge in [0.25, 0.3) is 0 Å². The minimum absolute atomic E-state index is 0.108. The van der Waals surface area contributed by atoms with Crippen LogP contribution in [0.25, 0.3) is 0 Å². The molecule has 0 aromatic rings. The van der Waals surface area contributed by atoms with Gasteiger partial charge in [-0.25, -0.2) is 9.13 Å². The summed E-state index contributed by atoms with van der Waals surface area (Å²) in [5.41, 5.74) is 0. The van der Waals surface area contributed by atoms with Gasteiger partial charge in [-0.2, -0.15) is 0 Å². The van der Waals surface area contributed by atoms with E-state index in [0.717, 1.165) is 95.8 Å². The van der Waals surface area contributed by atoms with Crippen LogP contribution >= 0.6 is 15.6 Å². The van der Waals surface area contributed by atoms with Crippen molar-refractivity contribution in [3.63, 3.8) is 0 Å². The minimum Gasteiger partial charge on any atom is -0.462 e. The Bertz CT molecular complexity index is 2070. The molecule has 17 nitrogen and oxygen atoms in total. The number of hydrogen-bond donors (Lipinski definition) is 3. The third-order valence-electron chi connectivity index (χ3n) is 21.3. The Morgan fingerprint density at radius 3 is 0.624 bits per heavy atom. The average molecular weight is 1590 g/mol. The lowest BCUT2D eigenvalue weighted by atomic mass is 10.0. The SMILES string of the molecule is CCCCCCCCCCCCCCCCCCCCCCCC(=O)O[C@H](COC(=O)CCCCCCCCCCCCCCCCCCCCC)COP(=O)(O)OC[C@@H](O)COP(=O)(O)OC[C@@H](COC(=O)CCCCCCCCCCCCCCC)OC(=O)CCCCCCCCCCCCCCCC(C)C. The van der Waals surface area contributed by atoms with Gasteiger partial charge >= 0.3 is 39.5 Å². The van der Waals surface area contributed by atoms with Gasteiger partial charge in [0.2, 0.25) is 0 Å². The van der Waals surface area contributed by atoms with Crippen LogP contribution in [0.1, 0.15) is 490 Å². The van der Waals surface area contributed by atoms with Crippen LogP contribution in [-0.4, -0.2) is 96.7 Å². The molecule has 0 aromatic heterocycles. The third kappa shape index (κ3) is 83.8. The summed E-state index contributed by atoms with van der Waals surface area (Å²) in [6, 6.07) is 0. The molecule has 5 atom stereocenters. The summed E-state index contributed by atoms with van der Waals surface area (Å²) in [7, 11) is -9.93. The lowest BCUT2D eigenvalue weighted by Gasteiger charge is -2.21. The predicted molar refractivity (Wildman–Crippen MR) is 451 cm³/mol. The van der Waals surface area contributed by atoms with Crippen LogP contribution < -0.4 is 0 Å². The molecule has 2 unspecified atom stereocenters. The highest BCUT2D eigenvalue weighted by molar-refractivity contribution is 7.47. The molecule has 648 valence electrons. The Balaban J connectivity index is 5.25. The lowest BCUT2D eigenvalue weighted by Crippen LogP contribution is -2.30. The molecule has 0 aliphatic carbocycles. The molecule has 109 heavy (non-hydrogen) atoms. The topological polar surface area (TPSA) is 237 Å². The number of phosphoric acid groups is 2. The van der Waals surface area contributed by atoms with E-state index < -0.39 is 97.5 Å². The molecule has 3 N–H and O–H groups in total. The zero-order valence-electron chi connectivity index (χ0n) is 71.7. The van der Waals surface area contributed by atoms with Gasteiger partial charge in [-0.15, -0.1) is 0 Å². The molecule has 19 heteroatoms. The quantitative estimate of drug-likeness (QED) is 0.0222. The van der Waals surface area contributed by atoms with Crippen LogP contribution in [0.4, 0.5) is 0 Å². The number of unbranched alkanes of at least 4 members (excludes halogenated alkanes) is 62. The maximum atomic E-state index is 13.2. The number of esters is 4. The van der Waals surface area contributed by atoms with E-state index in [9.17, 15) is 43.2 Å². The van der Waals surface area contributed by atoms with Crippen molar-refractivity contribution in [1.29, 1.82) is 0 Å². The number of carbonyl (C=O) groups excluding carboxylic acids is 4. The lowest BCUT2D eigenvalue weighted by molar-refractivity contribution is -0.161. The van der Waals surface area contributed by atoms with Gasteiger partial charge in [-0.05, 0) is 31.6 Å². The van der Waals surface area contributed by atoms with E-state index in [2.05, 4.69) is 34.6 Å². The number of carbonyl (C=O) groups is 4. The highest BCUT2D eigenvalue weighted by atomic mass is 31.2. The summed E-state index contributed by atoms with van der Waals surface area (Å²) in [4.78, 5) is 73.4. The molecule has 0 saturated carbocycles. The summed E-state index contributed by atoms with van der Waals surface area (Å²) >= 11 is 0. The van der Waals surface area contributed by atoms with Crippen LogP contribution in [0.2, 0.25) is 0 Å². The molecular weight excluding hydrogens is 1410 g/mol. The van der Waals surface area contributed by atoms with E-state index in [1.807, 2.05) is 0 Å². The van der Waals surface area contributed by atoms with E-state index in [0.29, 0.717) is 25.7 Å². The standard InChI is InChI=1S/C90H176O17P2/c1-6-9-12-15-18-21-24-27-29-31-33-34-36-38-40-45-50-55-60-65-70-75-89(94)106-86(80-101-88(93)74-69-64-59-54-49-44-39-37-35-32-30-28-25-22-19-16-13-10-7-2)82-105-109(98,99)103-78-84(91)77-102-108(96,97)104-81-85(79-100-87(92)73-68-63-58-53-48-42-26-23-20-17-14-11-8-3)107-90(95)76-71-66-61-56-51-46-41-43-47-52-57-62-67-72-83(4)5/h83-86,91H,6-82H2,1-5H3,(H,96,97)(H,98,99)/t84-,85+,86+/m0/s1. The van der Waals surface area contributed by atoms with Crippen LogP contribution in [0.5, 0.6) is 0 Å². The molecule has 0 spiro atoms. The molecule has 0 fully saturated rings. The number of rotatable bonds is 90. The Hall–Kier alpha value is -1.94. The first-order valence-electron chi connectivity index (χ1n) is 46.6. The van der Waals surface area contributed by atoms with Gasteiger partial charge in [0.1, 0.15) is 19.3 Å². The Morgan fingerprint density at radius 1 is 0.248 bits per heavy atom. The molecule has 0 heterocycles. The van der Waals surface area contributed by atoms with Crippen molar-refractivity contribution in [2.75, 3.05) is 39.6 Å². The number of hydrogen-bond acceptors (Lipinski definition) is 15. The molecular formula is C90H176O17P2. The van der Waals surface area contributed by atoms with Crippen LogP contribution in [0, 0.1) is 5.92 Å². The van der Waals surface area contributed by atoms with Crippen molar-refractivity contribution in [3.8, 4) is 0 Å². The molecule has 0 saturated heterocycles. The second kappa shape index (κ2) is 82.6. The fourth-order valence-electron chi connectivity index (χ4n) is 14.2. The fourth-order valence-corrected chi connectivity index (χ4v) is 15.8. The second-order valence-corrected chi connectivity index (χ2v) is 35.7. The van der Waals surface area contributed by atoms with Crippen molar-refractivity contribution < 1.29 is 80.2 Å². The normalized spacial score (nSPS) is 13.7. The van der Waals surface area contributed by atoms with Crippen LogP contribution in [0.15, 0.2) is 0 Å². The molecule has 0 amide bonds. The van der Waals surface area contributed by atoms with Crippen LogP contribution in [0.3, 0.4) is 0 Å². The minimum atomic E-state index is -4.97. The molecule has 0 aliphatic heterocycles. The van der Waals surface area contributed by atoms with Crippen molar-refractivity contribution in [2.45, 2.75) is 509 Å². The Kier molecular flexibility index (Phi) is 81.1. The molecule has 0 aromatic carbocycles. The predicted octanol–water partition coefficient (Wildman–Crippen LogP) is 27.9. The zero-order valence-corrected chi connectivity index (χ0v) is 73.5. The summed E-state index contributed by atoms with van der Waals surface area (Å²) in [5.74, 6) is -1.31. The maximum Gasteiger partial charge on any atom is 0.472 e. The highest BCUT2D eigenvalue weighted by Crippen LogP contribution is 2.45. The van der Waals surface area contributed by atoms with Crippen molar-refractivity contribution in [1.82, 2.24) is 0 Å². The van der Waals surface area contributed by atoms with Crippen molar-refractivity contribution in [3.05, 3.63) is 0 Å².